The molecule has 5 heteroatoms. The Morgan fingerprint density at radius 2 is 1.57 bits per heavy atom. The van der Waals surface area contributed by atoms with Crippen molar-refractivity contribution in [1.29, 1.82) is 0 Å². The normalized spacial score (nSPS) is 16.3. The van der Waals surface area contributed by atoms with Gasteiger partial charge in [0.05, 0.1) is 0 Å². The van der Waals surface area contributed by atoms with Gasteiger partial charge in [0.2, 0.25) is 5.91 Å². The molecule has 0 spiro atoms. The van der Waals surface area contributed by atoms with E-state index < -0.39 is 5.60 Å². The molecule has 1 aliphatic heterocycles. The van der Waals surface area contributed by atoms with E-state index in [2.05, 4.69) is 13.8 Å². The zero-order chi connectivity index (χ0) is 16.0. The molecule has 0 N–H and O–H groups in total. The van der Waals surface area contributed by atoms with Crippen LogP contribution in [0.1, 0.15) is 53.9 Å². The number of nitrogens with zero attached hydrogens (tertiary/aromatic N) is 2. The van der Waals surface area contributed by atoms with Gasteiger partial charge in [0.15, 0.2) is 0 Å². The smallest absolute Gasteiger partial charge is 0.410 e. The Morgan fingerprint density at radius 3 is 2.05 bits per heavy atom. The fourth-order valence-corrected chi connectivity index (χ4v) is 2.28. The first-order chi connectivity index (χ1) is 9.69. The molecule has 0 aromatic carbocycles. The van der Waals surface area contributed by atoms with E-state index in [-0.39, 0.29) is 12.0 Å². The van der Waals surface area contributed by atoms with Crippen molar-refractivity contribution in [3.05, 3.63) is 0 Å². The maximum absolute atomic E-state index is 12.1. The Bertz CT molecular complexity index is 353. The summed E-state index contributed by atoms with van der Waals surface area (Å²) in [4.78, 5) is 27.6. The van der Waals surface area contributed by atoms with E-state index in [4.69, 9.17) is 4.74 Å². The summed E-state index contributed by atoms with van der Waals surface area (Å²) in [6.07, 6.45) is 2.37. The minimum absolute atomic E-state index is 0.208. The summed E-state index contributed by atoms with van der Waals surface area (Å²) in [5, 5.41) is 0. The largest absolute Gasteiger partial charge is 0.444 e. The Hall–Kier alpha value is -1.26. The monoisotopic (exact) mass is 298 g/mol. The summed E-state index contributed by atoms with van der Waals surface area (Å²) in [5.41, 5.74) is -0.471. The SMILES string of the molecule is CC(C)CCCC(=O)N1CCN(C(=O)OC(C)(C)C)CC1. The van der Waals surface area contributed by atoms with E-state index in [9.17, 15) is 9.59 Å². The molecule has 0 aromatic rings. The van der Waals surface area contributed by atoms with Crippen LogP contribution >= 0.6 is 0 Å². The molecule has 0 saturated carbocycles. The van der Waals surface area contributed by atoms with Crippen LogP contribution in [0.15, 0.2) is 0 Å². The van der Waals surface area contributed by atoms with Crippen molar-refractivity contribution >= 4 is 12.0 Å². The lowest BCUT2D eigenvalue weighted by Crippen LogP contribution is -2.51. The molecule has 122 valence electrons. The molecule has 5 nitrogen and oxygen atoms in total. The molecule has 1 fully saturated rings. The second kappa shape index (κ2) is 7.66. The molecule has 21 heavy (non-hydrogen) atoms. The minimum Gasteiger partial charge on any atom is -0.444 e. The highest BCUT2D eigenvalue weighted by Gasteiger charge is 2.27. The Morgan fingerprint density at radius 1 is 1.05 bits per heavy atom. The van der Waals surface area contributed by atoms with Crippen LogP contribution in [-0.2, 0) is 9.53 Å². The average Bonchev–Trinajstić information content (AvgIpc) is 2.36. The minimum atomic E-state index is -0.471. The van der Waals surface area contributed by atoms with Crippen LogP contribution in [0, 0.1) is 5.92 Å². The quantitative estimate of drug-likeness (QED) is 0.802. The van der Waals surface area contributed by atoms with Crippen LogP contribution in [-0.4, -0.2) is 53.6 Å². The first-order valence-electron chi connectivity index (χ1n) is 7.95. The standard InChI is InChI=1S/C16H30N2O3/c1-13(2)7-6-8-14(19)17-9-11-18(12-10-17)15(20)21-16(3,4)5/h13H,6-12H2,1-5H3. The van der Waals surface area contributed by atoms with Crippen molar-refractivity contribution < 1.29 is 14.3 Å². The van der Waals surface area contributed by atoms with Crippen LogP contribution in [0.5, 0.6) is 0 Å². The van der Waals surface area contributed by atoms with Crippen LogP contribution in [0.4, 0.5) is 4.79 Å². The van der Waals surface area contributed by atoms with Crippen molar-refractivity contribution in [3.63, 3.8) is 0 Å². The van der Waals surface area contributed by atoms with Gasteiger partial charge in [0.1, 0.15) is 5.60 Å². The van der Waals surface area contributed by atoms with Gasteiger partial charge in [-0.15, -0.1) is 0 Å². The lowest BCUT2D eigenvalue weighted by molar-refractivity contribution is -0.133. The van der Waals surface area contributed by atoms with Crippen molar-refractivity contribution in [1.82, 2.24) is 9.80 Å². The zero-order valence-corrected chi connectivity index (χ0v) is 14.1. The van der Waals surface area contributed by atoms with E-state index in [1.165, 1.54) is 0 Å². The molecule has 1 heterocycles. The Labute approximate surface area is 128 Å². The van der Waals surface area contributed by atoms with Gasteiger partial charge in [0, 0.05) is 32.6 Å². The van der Waals surface area contributed by atoms with E-state index in [1.807, 2.05) is 25.7 Å². The zero-order valence-electron chi connectivity index (χ0n) is 14.1. The van der Waals surface area contributed by atoms with E-state index in [1.54, 1.807) is 4.90 Å². The van der Waals surface area contributed by atoms with Gasteiger partial charge in [0.25, 0.3) is 0 Å². The summed E-state index contributed by atoms with van der Waals surface area (Å²) < 4.78 is 5.35. The van der Waals surface area contributed by atoms with Crippen molar-refractivity contribution in [2.75, 3.05) is 26.2 Å². The molecular formula is C16H30N2O3. The van der Waals surface area contributed by atoms with Gasteiger partial charge >= 0.3 is 6.09 Å². The predicted octanol–water partition coefficient (Wildman–Crippen LogP) is 2.89. The predicted molar refractivity (Wildman–Crippen MR) is 83.1 cm³/mol. The van der Waals surface area contributed by atoms with Crippen LogP contribution in [0.25, 0.3) is 0 Å². The molecule has 1 aliphatic rings. The van der Waals surface area contributed by atoms with Crippen LogP contribution in [0.3, 0.4) is 0 Å². The lowest BCUT2D eigenvalue weighted by Gasteiger charge is -2.35. The van der Waals surface area contributed by atoms with Crippen molar-refractivity contribution in [3.8, 4) is 0 Å². The topological polar surface area (TPSA) is 49.9 Å². The molecule has 0 bridgehead atoms. The number of piperazine rings is 1. The molecule has 0 aromatic heterocycles. The highest BCUT2D eigenvalue weighted by Crippen LogP contribution is 2.13. The fraction of sp³-hybridized carbons (Fsp3) is 0.875. The summed E-state index contributed by atoms with van der Waals surface area (Å²) >= 11 is 0. The van der Waals surface area contributed by atoms with Gasteiger partial charge < -0.3 is 14.5 Å². The van der Waals surface area contributed by atoms with E-state index in [0.29, 0.717) is 38.5 Å². The van der Waals surface area contributed by atoms with Gasteiger partial charge in [-0.2, -0.15) is 0 Å². The summed E-state index contributed by atoms with van der Waals surface area (Å²) in [6.45, 7) is 12.3. The molecule has 0 aliphatic carbocycles. The Balaban J connectivity index is 2.31. The first kappa shape index (κ1) is 17.8. The van der Waals surface area contributed by atoms with Gasteiger partial charge in [-0.3, -0.25) is 4.79 Å². The third-order valence-corrected chi connectivity index (χ3v) is 3.46. The maximum Gasteiger partial charge on any atom is 0.410 e. The maximum atomic E-state index is 12.1. The Kier molecular flexibility index (Phi) is 6.49. The molecule has 0 unspecified atom stereocenters. The summed E-state index contributed by atoms with van der Waals surface area (Å²) in [6, 6.07) is 0. The lowest BCUT2D eigenvalue weighted by atomic mass is 10.1. The van der Waals surface area contributed by atoms with E-state index in [0.717, 1.165) is 12.8 Å². The highest BCUT2D eigenvalue weighted by atomic mass is 16.6. The molecule has 0 atom stereocenters. The van der Waals surface area contributed by atoms with E-state index >= 15 is 0 Å². The molecule has 1 rings (SSSR count). The third kappa shape index (κ3) is 6.82. The van der Waals surface area contributed by atoms with Crippen LogP contribution < -0.4 is 0 Å². The molecular weight excluding hydrogens is 268 g/mol. The first-order valence-corrected chi connectivity index (χ1v) is 7.95. The number of hydrogen-bond donors (Lipinski definition) is 0. The van der Waals surface area contributed by atoms with Gasteiger partial charge in [-0.1, -0.05) is 20.3 Å². The summed E-state index contributed by atoms with van der Waals surface area (Å²) in [5.74, 6) is 0.848. The number of amides is 2. The second-order valence-corrected chi connectivity index (χ2v) is 7.13. The molecule has 2 amide bonds. The highest BCUT2D eigenvalue weighted by molar-refractivity contribution is 5.76. The molecule has 0 radical (unpaired) electrons. The van der Waals surface area contributed by atoms with Crippen molar-refractivity contribution in [2.24, 2.45) is 5.92 Å². The van der Waals surface area contributed by atoms with Gasteiger partial charge in [-0.05, 0) is 33.1 Å². The average molecular weight is 298 g/mol. The number of carbonyl (C=O) groups excluding carboxylic acids is 2. The van der Waals surface area contributed by atoms with Crippen LogP contribution in [0.2, 0.25) is 0 Å². The third-order valence-electron chi connectivity index (χ3n) is 3.46. The second-order valence-electron chi connectivity index (χ2n) is 7.13. The number of ether oxygens (including phenoxy) is 1. The number of hydrogen-bond acceptors (Lipinski definition) is 3. The van der Waals surface area contributed by atoms with Gasteiger partial charge in [-0.25, -0.2) is 4.79 Å². The van der Waals surface area contributed by atoms with Crippen molar-refractivity contribution in [2.45, 2.75) is 59.5 Å². The number of rotatable bonds is 4. The fourth-order valence-electron chi connectivity index (χ4n) is 2.28. The summed E-state index contributed by atoms with van der Waals surface area (Å²) in [7, 11) is 0. The number of carbonyl (C=O) groups is 2. The molecule has 1 saturated heterocycles.